The van der Waals surface area contributed by atoms with Crippen molar-refractivity contribution < 1.29 is 0 Å². The van der Waals surface area contributed by atoms with Gasteiger partial charge in [-0.1, -0.05) is 18.2 Å². The second-order valence-electron chi connectivity index (χ2n) is 7.07. The number of hydrogen-bond acceptors (Lipinski definition) is 5. The molecule has 3 heterocycles. The van der Waals surface area contributed by atoms with Crippen LogP contribution in [0.3, 0.4) is 0 Å². The fourth-order valence-corrected chi connectivity index (χ4v) is 4.28. The molecule has 0 aliphatic carbocycles. The van der Waals surface area contributed by atoms with Crippen LogP contribution in [0.2, 0.25) is 0 Å². The molecule has 1 aromatic carbocycles. The van der Waals surface area contributed by atoms with E-state index in [4.69, 9.17) is 4.98 Å². The van der Waals surface area contributed by atoms with Crippen molar-refractivity contribution in [3.63, 3.8) is 0 Å². The number of para-hydroxylation sites is 1. The van der Waals surface area contributed by atoms with Gasteiger partial charge in [0.25, 0.3) is 0 Å². The Balaban J connectivity index is 1.29. The van der Waals surface area contributed by atoms with Gasteiger partial charge in [-0.05, 0) is 51.1 Å². The van der Waals surface area contributed by atoms with Crippen LogP contribution < -0.4 is 5.32 Å². The first-order chi connectivity index (χ1) is 14.2. The zero-order valence-corrected chi connectivity index (χ0v) is 17.6. The van der Waals surface area contributed by atoms with Gasteiger partial charge in [0.2, 0.25) is 0 Å². The maximum atomic E-state index is 4.76. The Morgan fingerprint density at radius 3 is 2.69 bits per heavy atom. The standard InChI is InChI=1S/C23H25N5S/c1-17(21-15-26-28(18(21)2)20-7-4-3-5-8-20)25-12-6-9-23-27-22(16-29-23)19-10-13-24-14-11-19/h3-5,7-8,10-11,13-17,25H,6,9,12H2,1-2H3. The van der Waals surface area contributed by atoms with Crippen LogP contribution in [0.4, 0.5) is 0 Å². The Kier molecular flexibility index (Phi) is 6.12. The van der Waals surface area contributed by atoms with Gasteiger partial charge in [-0.15, -0.1) is 11.3 Å². The van der Waals surface area contributed by atoms with Crippen LogP contribution in [0.25, 0.3) is 16.9 Å². The van der Waals surface area contributed by atoms with Crippen LogP contribution in [-0.2, 0) is 6.42 Å². The number of nitrogens with one attached hydrogen (secondary N) is 1. The summed E-state index contributed by atoms with van der Waals surface area (Å²) in [6.07, 6.45) is 7.63. The van der Waals surface area contributed by atoms with E-state index in [9.17, 15) is 0 Å². The molecule has 0 saturated carbocycles. The topological polar surface area (TPSA) is 55.6 Å². The van der Waals surface area contributed by atoms with E-state index in [1.807, 2.05) is 53.6 Å². The smallest absolute Gasteiger partial charge is 0.0933 e. The minimum atomic E-state index is 0.260. The van der Waals surface area contributed by atoms with Crippen LogP contribution in [0, 0.1) is 6.92 Å². The Bertz CT molecular complexity index is 1040. The molecule has 1 unspecified atom stereocenters. The van der Waals surface area contributed by atoms with Gasteiger partial charge in [0.05, 0.1) is 22.6 Å². The SMILES string of the molecule is Cc1c(C(C)NCCCc2nc(-c3ccncc3)cs2)cnn1-c1ccccc1. The Morgan fingerprint density at radius 1 is 1.10 bits per heavy atom. The number of nitrogens with zero attached hydrogens (tertiary/aromatic N) is 4. The highest BCUT2D eigenvalue weighted by Gasteiger charge is 2.14. The number of pyridine rings is 1. The van der Waals surface area contributed by atoms with Gasteiger partial charge in [-0.25, -0.2) is 9.67 Å². The second kappa shape index (κ2) is 9.11. The molecule has 0 aliphatic rings. The summed E-state index contributed by atoms with van der Waals surface area (Å²) >= 11 is 1.73. The van der Waals surface area contributed by atoms with Crippen LogP contribution in [0.1, 0.15) is 35.7 Å². The first-order valence-corrected chi connectivity index (χ1v) is 10.8. The third-order valence-electron chi connectivity index (χ3n) is 5.06. The van der Waals surface area contributed by atoms with Crippen molar-refractivity contribution in [1.29, 1.82) is 0 Å². The summed E-state index contributed by atoms with van der Waals surface area (Å²) < 4.78 is 2.00. The van der Waals surface area contributed by atoms with Crippen molar-refractivity contribution in [2.75, 3.05) is 6.54 Å². The van der Waals surface area contributed by atoms with Crippen molar-refractivity contribution in [2.45, 2.75) is 32.7 Å². The van der Waals surface area contributed by atoms with Crippen molar-refractivity contribution in [3.8, 4) is 16.9 Å². The van der Waals surface area contributed by atoms with E-state index in [0.29, 0.717) is 0 Å². The predicted molar refractivity (Wildman–Crippen MR) is 118 cm³/mol. The molecule has 6 heteroatoms. The van der Waals surface area contributed by atoms with E-state index in [1.165, 1.54) is 16.3 Å². The van der Waals surface area contributed by atoms with Crippen LogP contribution >= 0.6 is 11.3 Å². The second-order valence-corrected chi connectivity index (χ2v) is 8.02. The van der Waals surface area contributed by atoms with E-state index in [-0.39, 0.29) is 6.04 Å². The van der Waals surface area contributed by atoms with Gasteiger partial charge in [-0.3, -0.25) is 4.98 Å². The maximum Gasteiger partial charge on any atom is 0.0933 e. The fourth-order valence-electron chi connectivity index (χ4n) is 3.43. The van der Waals surface area contributed by atoms with Gasteiger partial charge in [-0.2, -0.15) is 5.10 Å². The molecule has 1 N–H and O–H groups in total. The lowest BCUT2D eigenvalue weighted by molar-refractivity contribution is 0.555. The first-order valence-electron chi connectivity index (χ1n) is 9.90. The lowest BCUT2D eigenvalue weighted by atomic mass is 10.1. The van der Waals surface area contributed by atoms with Gasteiger partial charge >= 0.3 is 0 Å². The zero-order valence-electron chi connectivity index (χ0n) is 16.7. The fraction of sp³-hybridized carbons (Fsp3) is 0.261. The van der Waals surface area contributed by atoms with Crippen LogP contribution in [-0.4, -0.2) is 26.3 Å². The summed E-state index contributed by atoms with van der Waals surface area (Å²) in [5.41, 5.74) is 5.68. The summed E-state index contributed by atoms with van der Waals surface area (Å²) in [6.45, 7) is 5.27. The van der Waals surface area contributed by atoms with Crippen LogP contribution in [0.15, 0.2) is 66.4 Å². The average molecular weight is 404 g/mol. The molecule has 3 aromatic heterocycles. The van der Waals surface area contributed by atoms with Gasteiger partial charge in [0.15, 0.2) is 0 Å². The lowest BCUT2D eigenvalue weighted by Gasteiger charge is -2.14. The summed E-state index contributed by atoms with van der Waals surface area (Å²) in [5, 5.41) is 11.5. The van der Waals surface area contributed by atoms with E-state index in [2.05, 4.69) is 46.8 Å². The molecule has 5 nitrogen and oxygen atoms in total. The van der Waals surface area contributed by atoms with Crippen LogP contribution in [0.5, 0.6) is 0 Å². The molecule has 148 valence electrons. The van der Waals surface area contributed by atoms with Crippen molar-refractivity contribution >= 4 is 11.3 Å². The highest BCUT2D eigenvalue weighted by atomic mass is 32.1. The molecule has 0 bridgehead atoms. The van der Waals surface area contributed by atoms with Gasteiger partial charge in [0.1, 0.15) is 0 Å². The van der Waals surface area contributed by atoms with Gasteiger partial charge in [0, 0.05) is 47.1 Å². The zero-order chi connectivity index (χ0) is 20.1. The molecule has 0 aliphatic heterocycles. The maximum absolute atomic E-state index is 4.76. The molecule has 0 radical (unpaired) electrons. The lowest BCUT2D eigenvalue weighted by Crippen LogP contribution is -2.20. The summed E-state index contributed by atoms with van der Waals surface area (Å²) in [4.78, 5) is 8.82. The number of hydrogen-bond donors (Lipinski definition) is 1. The molecule has 0 amide bonds. The average Bonchev–Trinajstić information content (AvgIpc) is 3.39. The summed E-state index contributed by atoms with van der Waals surface area (Å²) in [5.74, 6) is 0. The Hall–Kier alpha value is -2.83. The molecular formula is C23H25N5S. The first kappa shape index (κ1) is 19.5. The molecule has 1 atom stereocenters. The number of aromatic nitrogens is 4. The third-order valence-corrected chi connectivity index (χ3v) is 5.97. The quantitative estimate of drug-likeness (QED) is 0.422. The molecule has 0 spiro atoms. The number of rotatable bonds is 8. The summed E-state index contributed by atoms with van der Waals surface area (Å²) in [7, 11) is 0. The van der Waals surface area contributed by atoms with E-state index >= 15 is 0 Å². The molecule has 4 rings (SSSR count). The molecule has 0 fully saturated rings. The van der Waals surface area contributed by atoms with Gasteiger partial charge < -0.3 is 5.32 Å². The van der Waals surface area contributed by atoms with E-state index in [0.717, 1.165) is 36.3 Å². The van der Waals surface area contributed by atoms with E-state index < -0.39 is 0 Å². The minimum Gasteiger partial charge on any atom is -0.310 e. The monoisotopic (exact) mass is 403 g/mol. The molecular weight excluding hydrogens is 378 g/mol. The molecule has 0 saturated heterocycles. The highest BCUT2D eigenvalue weighted by molar-refractivity contribution is 7.09. The number of benzene rings is 1. The molecule has 4 aromatic rings. The minimum absolute atomic E-state index is 0.260. The summed E-state index contributed by atoms with van der Waals surface area (Å²) in [6, 6.07) is 14.5. The normalized spacial score (nSPS) is 12.2. The molecule has 29 heavy (non-hydrogen) atoms. The Labute approximate surface area is 175 Å². The van der Waals surface area contributed by atoms with Crippen molar-refractivity contribution in [3.05, 3.63) is 82.7 Å². The van der Waals surface area contributed by atoms with Crippen molar-refractivity contribution in [1.82, 2.24) is 25.1 Å². The number of thiazole rings is 1. The van der Waals surface area contributed by atoms with Crippen molar-refractivity contribution in [2.24, 2.45) is 0 Å². The highest BCUT2D eigenvalue weighted by Crippen LogP contribution is 2.22. The predicted octanol–water partition coefficient (Wildman–Crippen LogP) is 4.98. The Morgan fingerprint density at radius 2 is 1.90 bits per heavy atom. The third kappa shape index (κ3) is 4.60. The van der Waals surface area contributed by atoms with E-state index in [1.54, 1.807) is 11.3 Å². The largest absolute Gasteiger partial charge is 0.310 e. The number of aryl methyl sites for hydroxylation is 1.